The minimum absolute atomic E-state index is 0.0382. The topological polar surface area (TPSA) is 58.4 Å². The number of carbonyl (C=O) groups excluding carboxylic acids is 2. The Balaban J connectivity index is 1.66. The highest BCUT2D eigenvalue weighted by Crippen LogP contribution is 2.29. The third-order valence-electron chi connectivity index (χ3n) is 4.73. The van der Waals surface area contributed by atoms with Crippen molar-refractivity contribution >= 4 is 23.2 Å². The van der Waals surface area contributed by atoms with E-state index >= 15 is 0 Å². The van der Waals surface area contributed by atoms with Crippen LogP contribution in [0.2, 0.25) is 0 Å². The zero-order valence-corrected chi connectivity index (χ0v) is 15.9. The first-order chi connectivity index (χ1) is 13.1. The molecule has 0 saturated carbocycles. The molecule has 4 rings (SSSR count). The number of nitrogens with zero attached hydrogens (tertiary/aromatic N) is 4. The molecule has 1 saturated heterocycles. The fourth-order valence-electron chi connectivity index (χ4n) is 3.23. The molecule has 1 aliphatic heterocycles. The molecule has 1 aromatic carbocycles. The summed E-state index contributed by atoms with van der Waals surface area (Å²) < 4.78 is 1.76. The minimum atomic E-state index is -0.0382. The molecule has 0 spiro atoms. The number of aromatic nitrogens is 2. The molecule has 3 heterocycles. The van der Waals surface area contributed by atoms with Crippen molar-refractivity contribution in [1.29, 1.82) is 0 Å². The summed E-state index contributed by atoms with van der Waals surface area (Å²) in [6, 6.07) is 13.7. The van der Waals surface area contributed by atoms with Crippen LogP contribution >= 0.6 is 11.3 Å². The summed E-state index contributed by atoms with van der Waals surface area (Å²) in [7, 11) is 0. The Morgan fingerprint density at radius 1 is 0.963 bits per heavy atom. The molecule has 0 unspecified atom stereocenters. The van der Waals surface area contributed by atoms with E-state index < -0.39 is 0 Å². The number of hydrogen-bond donors (Lipinski definition) is 0. The molecule has 1 aliphatic rings. The summed E-state index contributed by atoms with van der Waals surface area (Å²) >= 11 is 1.57. The fraction of sp³-hybridized carbons (Fsp3) is 0.250. The quantitative estimate of drug-likeness (QED) is 0.702. The van der Waals surface area contributed by atoms with Gasteiger partial charge in [-0.1, -0.05) is 24.3 Å². The second-order valence-corrected chi connectivity index (χ2v) is 7.39. The molecular weight excluding hydrogens is 360 g/mol. The number of amides is 2. The zero-order chi connectivity index (χ0) is 18.8. The first-order valence-electron chi connectivity index (χ1n) is 8.87. The first-order valence-corrected chi connectivity index (χ1v) is 9.75. The second-order valence-electron chi connectivity index (χ2n) is 6.45. The van der Waals surface area contributed by atoms with Gasteiger partial charge in [0.05, 0.1) is 16.1 Å². The predicted octanol–water partition coefficient (Wildman–Crippen LogP) is 2.91. The Labute approximate surface area is 161 Å². The van der Waals surface area contributed by atoms with E-state index in [1.807, 2.05) is 58.9 Å². The number of carbonyl (C=O) groups is 2. The van der Waals surface area contributed by atoms with Crippen molar-refractivity contribution < 1.29 is 9.59 Å². The van der Waals surface area contributed by atoms with E-state index in [1.54, 1.807) is 27.8 Å². The van der Waals surface area contributed by atoms with Gasteiger partial charge in [0.15, 0.2) is 0 Å². The molecule has 0 bridgehead atoms. The van der Waals surface area contributed by atoms with Crippen LogP contribution in [0.5, 0.6) is 0 Å². The minimum Gasteiger partial charge on any atom is -0.339 e. The molecule has 138 valence electrons. The number of rotatable bonds is 3. The van der Waals surface area contributed by atoms with Crippen molar-refractivity contribution in [2.45, 2.75) is 6.92 Å². The Morgan fingerprint density at radius 3 is 2.30 bits per heavy atom. The standard InChI is InChI=1S/C20H20N4O2S/c1-15(25)22-9-11-23(12-10-22)20(26)17-14-24(16-6-3-2-4-7-16)21-19(17)18-8-5-13-27-18/h2-8,13-14H,9-12H2,1H3. The molecule has 0 atom stereocenters. The van der Waals surface area contributed by atoms with Gasteiger partial charge in [0, 0.05) is 39.3 Å². The fourth-order valence-corrected chi connectivity index (χ4v) is 3.96. The van der Waals surface area contributed by atoms with Crippen LogP contribution in [0.1, 0.15) is 17.3 Å². The van der Waals surface area contributed by atoms with E-state index in [0.29, 0.717) is 37.4 Å². The summed E-state index contributed by atoms with van der Waals surface area (Å²) in [5.74, 6) is 0.0158. The Hall–Kier alpha value is -2.93. The van der Waals surface area contributed by atoms with Gasteiger partial charge in [0.25, 0.3) is 5.91 Å². The predicted molar refractivity (Wildman–Crippen MR) is 105 cm³/mol. The van der Waals surface area contributed by atoms with Gasteiger partial charge in [-0.15, -0.1) is 11.3 Å². The Kier molecular flexibility index (Phi) is 4.77. The average Bonchev–Trinajstić information content (AvgIpc) is 3.38. The van der Waals surface area contributed by atoms with Crippen molar-refractivity contribution in [3.63, 3.8) is 0 Å². The highest BCUT2D eigenvalue weighted by Gasteiger charge is 2.27. The average molecular weight is 380 g/mol. The van der Waals surface area contributed by atoms with Gasteiger partial charge in [-0.25, -0.2) is 4.68 Å². The summed E-state index contributed by atoms with van der Waals surface area (Å²) in [5.41, 5.74) is 2.21. The van der Waals surface area contributed by atoms with Crippen molar-refractivity contribution in [3.8, 4) is 16.3 Å². The van der Waals surface area contributed by atoms with Crippen molar-refractivity contribution in [3.05, 3.63) is 59.6 Å². The second kappa shape index (κ2) is 7.36. The van der Waals surface area contributed by atoms with Crippen LogP contribution in [0, 0.1) is 0 Å². The van der Waals surface area contributed by atoms with Gasteiger partial charge in [-0.3, -0.25) is 9.59 Å². The number of hydrogen-bond acceptors (Lipinski definition) is 4. The molecule has 27 heavy (non-hydrogen) atoms. The van der Waals surface area contributed by atoms with Crippen LogP contribution < -0.4 is 0 Å². The lowest BCUT2D eigenvalue weighted by atomic mass is 10.1. The Morgan fingerprint density at radius 2 is 1.67 bits per heavy atom. The van der Waals surface area contributed by atoms with Crippen LogP contribution in [0.25, 0.3) is 16.3 Å². The zero-order valence-electron chi connectivity index (χ0n) is 15.0. The van der Waals surface area contributed by atoms with E-state index in [9.17, 15) is 9.59 Å². The van der Waals surface area contributed by atoms with E-state index in [-0.39, 0.29) is 11.8 Å². The van der Waals surface area contributed by atoms with Crippen LogP contribution in [-0.2, 0) is 4.79 Å². The van der Waals surface area contributed by atoms with E-state index in [4.69, 9.17) is 5.10 Å². The SMILES string of the molecule is CC(=O)N1CCN(C(=O)c2cn(-c3ccccc3)nc2-c2cccs2)CC1. The molecule has 3 aromatic rings. The molecule has 0 N–H and O–H groups in total. The molecule has 2 aromatic heterocycles. The van der Waals surface area contributed by atoms with Gasteiger partial charge in [0.2, 0.25) is 5.91 Å². The Bertz CT molecular complexity index is 942. The monoisotopic (exact) mass is 380 g/mol. The summed E-state index contributed by atoms with van der Waals surface area (Å²) in [4.78, 5) is 29.3. The number of benzene rings is 1. The molecule has 7 heteroatoms. The van der Waals surface area contributed by atoms with Gasteiger partial charge in [-0.05, 0) is 23.6 Å². The summed E-state index contributed by atoms with van der Waals surface area (Å²) in [6.45, 7) is 3.79. The first kappa shape index (κ1) is 17.5. The van der Waals surface area contributed by atoms with Gasteiger partial charge in [-0.2, -0.15) is 5.10 Å². The highest BCUT2D eigenvalue weighted by molar-refractivity contribution is 7.13. The molecular formula is C20H20N4O2S. The molecule has 2 amide bonds. The molecule has 0 radical (unpaired) electrons. The smallest absolute Gasteiger partial charge is 0.257 e. The summed E-state index contributed by atoms with van der Waals surface area (Å²) in [5, 5.41) is 6.68. The van der Waals surface area contributed by atoms with Crippen LogP contribution in [0.15, 0.2) is 54.0 Å². The third-order valence-corrected chi connectivity index (χ3v) is 5.61. The number of para-hydroxylation sites is 1. The normalized spacial score (nSPS) is 14.4. The lowest BCUT2D eigenvalue weighted by Gasteiger charge is -2.34. The van der Waals surface area contributed by atoms with Gasteiger partial charge >= 0.3 is 0 Å². The van der Waals surface area contributed by atoms with Crippen LogP contribution in [-0.4, -0.2) is 57.6 Å². The lowest BCUT2D eigenvalue weighted by Crippen LogP contribution is -2.50. The number of thiophene rings is 1. The molecule has 6 nitrogen and oxygen atoms in total. The highest BCUT2D eigenvalue weighted by atomic mass is 32.1. The van der Waals surface area contributed by atoms with E-state index in [1.165, 1.54) is 0 Å². The van der Waals surface area contributed by atoms with Gasteiger partial charge in [0.1, 0.15) is 5.69 Å². The maximum atomic E-state index is 13.2. The number of piperazine rings is 1. The van der Waals surface area contributed by atoms with Crippen molar-refractivity contribution in [2.75, 3.05) is 26.2 Å². The van der Waals surface area contributed by atoms with E-state index in [2.05, 4.69) is 0 Å². The van der Waals surface area contributed by atoms with Gasteiger partial charge < -0.3 is 9.80 Å². The van der Waals surface area contributed by atoms with Crippen molar-refractivity contribution in [1.82, 2.24) is 19.6 Å². The van der Waals surface area contributed by atoms with Crippen molar-refractivity contribution in [2.24, 2.45) is 0 Å². The maximum Gasteiger partial charge on any atom is 0.257 e. The summed E-state index contributed by atoms with van der Waals surface area (Å²) in [6.07, 6.45) is 1.81. The maximum absolute atomic E-state index is 13.2. The lowest BCUT2D eigenvalue weighted by molar-refractivity contribution is -0.130. The van der Waals surface area contributed by atoms with Crippen LogP contribution in [0.4, 0.5) is 0 Å². The van der Waals surface area contributed by atoms with E-state index in [0.717, 1.165) is 10.6 Å². The van der Waals surface area contributed by atoms with Crippen LogP contribution in [0.3, 0.4) is 0 Å². The largest absolute Gasteiger partial charge is 0.339 e. The third kappa shape index (κ3) is 3.50. The molecule has 1 fully saturated rings. The molecule has 0 aliphatic carbocycles.